The molecule has 50 heavy (non-hydrogen) atoms. The molecule has 1 unspecified atom stereocenters. The van der Waals surface area contributed by atoms with Crippen molar-refractivity contribution < 1.29 is 29.0 Å². The van der Waals surface area contributed by atoms with E-state index in [1.165, 1.54) is 51.0 Å². The lowest BCUT2D eigenvalue weighted by molar-refractivity contribution is -0.120. The maximum Gasteiger partial charge on any atom is 0.410 e. The normalized spacial score (nSPS) is 13.6. The topological polar surface area (TPSA) is 121 Å². The molecular formula is C40H64N4O6. The van der Waals surface area contributed by atoms with Crippen molar-refractivity contribution in [3.8, 4) is 5.75 Å². The molecule has 0 saturated carbocycles. The summed E-state index contributed by atoms with van der Waals surface area (Å²) in [7, 11) is 1.81. The van der Waals surface area contributed by atoms with Crippen molar-refractivity contribution in [3.05, 3.63) is 64.7 Å². The van der Waals surface area contributed by atoms with Gasteiger partial charge in [-0.25, -0.2) is 4.79 Å². The van der Waals surface area contributed by atoms with E-state index in [1.807, 2.05) is 84.1 Å². The van der Waals surface area contributed by atoms with E-state index >= 15 is 0 Å². The maximum absolute atomic E-state index is 12.0. The molecule has 2 amide bonds. The lowest BCUT2D eigenvalue weighted by Gasteiger charge is -2.30. The minimum Gasteiger partial charge on any atom is -0.507 e. The van der Waals surface area contributed by atoms with Crippen molar-refractivity contribution in [3.63, 3.8) is 0 Å². The predicted molar refractivity (Wildman–Crippen MR) is 202 cm³/mol. The molecule has 0 spiro atoms. The average molecular weight is 697 g/mol. The number of hydrazone groups is 1. The number of rotatable bonds is 15. The van der Waals surface area contributed by atoms with Crippen LogP contribution in [0.3, 0.4) is 0 Å². The second-order valence-corrected chi connectivity index (χ2v) is 13.2. The van der Waals surface area contributed by atoms with Crippen LogP contribution in [0.5, 0.6) is 5.75 Å². The number of carbonyl (C=O) groups is 3. The molecule has 0 aromatic heterocycles. The van der Waals surface area contributed by atoms with Crippen LogP contribution in [0.4, 0.5) is 4.79 Å². The third-order valence-electron chi connectivity index (χ3n) is 8.88. The van der Waals surface area contributed by atoms with E-state index < -0.39 is 6.09 Å². The highest BCUT2D eigenvalue weighted by Crippen LogP contribution is 2.30. The fourth-order valence-electron chi connectivity index (χ4n) is 5.96. The van der Waals surface area contributed by atoms with Gasteiger partial charge in [-0.2, -0.15) is 5.10 Å². The van der Waals surface area contributed by atoms with Gasteiger partial charge in [0.25, 0.3) is 0 Å². The van der Waals surface area contributed by atoms with Crippen LogP contribution in [0.2, 0.25) is 0 Å². The van der Waals surface area contributed by atoms with Gasteiger partial charge in [0.1, 0.15) is 5.75 Å². The number of amidine groups is 1. The average Bonchev–Trinajstić information content (AvgIpc) is 3.10. The van der Waals surface area contributed by atoms with Gasteiger partial charge in [-0.15, -0.1) is 0 Å². The van der Waals surface area contributed by atoms with Crippen molar-refractivity contribution in [2.24, 2.45) is 16.9 Å². The first kappa shape index (κ1) is 44.1. The molecule has 1 aliphatic heterocycles. The minimum absolute atomic E-state index is 0.00632. The smallest absolute Gasteiger partial charge is 0.410 e. The van der Waals surface area contributed by atoms with Gasteiger partial charge in [0.05, 0.1) is 0 Å². The molecule has 1 heterocycles. The first-order valence-corrected chi connectivity index (χ1v) is 18.2. The van der Waals surface area contributed by atoms with Gasteiger partial charge in [-0.1, -0.05) is 87.6 Å². The van der Waals surface area contributed by atoms with E-state index in [4.69, 9.17) is 9.47 Å². The third-order valence-corrected chi connectivity index (χ3v) is 8.88. The summed E-state index contributed by atoms with van der Waals surface area (Å²) < 4.78 is 10.4. The largest absolute Gasteiger partial charge is 0.507 e. The summed E-state index contributed by atoms with van der Waals surface area (Å²) in [5, 5.41) is 18.2. The van der Waals surface area contributed by atoms with Crippen molar-refractivity contribution >= 4 is 24.1 Å². The Labute approximate surface area is 301 Å². The lowest BCUT2D eigenvalue weighted by atomic mass is 9.80. The molecule has 10 nitrogen and oxygen atoms in total. The molecule has 2 aromatic rings. The van der Waals surface area contributed by atoms with Gasteiger partial charge in [0.2, 0.25) is 6.41 Å². The Hall–Kier alpha value is -3.92. The Kier molecular flexibility index (Phi) is 22.1. The zero-order valence-corrected chi connectivity index (χ0v) is 32.2. The van der Waals surface area contributed by atoms with Crippen LogP contribution in [-0.2, 0) is 19.1 Å². The summed E-state index contributed by atoms with van der Waals surface area (Å²) in [4.78, 5) is 35.3. The second-order valence-electron chi connectivity index (χ2n) is 13.2. The van der Waals surface area contributed by atoms with Gasteiger partial charge in [-0.3, -0.25) is 14.6 Å². The lowest BCUT2D eigenvalue weighted by Crippen LogP contribution is -2.37. The summed E-state index contributed by atoms with van der Waals surface area (Å²) in [6, 6.07) is 13.3. The number of nitrogens with one attached hydrogen (secondary N) is 1. The molecule has 1 aliphatic rings. The highest BCUT2D eigenvalue weighted by Gasteiger charge is 2.22. The highest BCUT2D eigenvalue weighted by molar-refractivity contribution is 6.03. The quantitative estimate of drug-likeness (QED) is 0.0844. The molecule has 1 fully saturated rings. The van der Waals surface area contributed by atoms with Crippen molar-refractivity contribution in [2.75, 3.05) is 40.0 Å². The number of benzene rings is 2. The summed E-state index contributed by atoms with van der Waals surface area (Å²) >= 11 is 0. The van der Waals surface area contributed by atoms with Gasteiger partial charge in [-0.05, 0) is 83.8 Å². The summed E-state index contributed by atoms with van der Waals surface area (Å²) in [6.45, 7) is 18.4. The van der Waals surface area contributed by atoms with E-state index in [9.17, 15) is 19.5 Å². The second kappa shape index (κ2) is 25.1. The molecule has 1 atom stereocenters. The van der Waals surface area contributed by atoms with E-state index in [0.717, 1.165) is 41.7 Å². The third kappa shape index (κ3) is 17.1. The van der Waals surface area contributed by atoms with E-state index in [2.05, 4.69) is 24.3 Å². The Morgan fingerprint density at radius 2 is 1.60 bits per heavy atom. The fourth-order valence-corrected chi connectivity index (χ4v) is 5.96. The zero-order chi connectivity index (χ0) is 37.5. The fraction of sp³-hybridized carbons (Fsp3) is 0.600. The number of phenols is 1. The summed E-state index contributed by atoms with van der Waals surface area (Å²) in [5.74, 6) is 2.63. The van der Waals surface area contributed by atoms with Crippen LogP contribution in [0.25, 0.3) is 0 Å². The first-order chi connectivity index (χ1) is 23.9. The predicted octanol–water partition coefficient (Wildman–Crippen LogP) is 7.80. The Bertz CT molecular complexity index is 1270. The molecule has 0 bridgehead atoms. The van der Waals surface area contributed by atoms with Crippen LogP contribution >= 0.6 is 0 Å². The molecule has 1 saturated heterocycles. The van der Waals surface area contributed by atoms with Crippen molar-refractivity contribution in [1.29, 1.82) is 0 Å². The van der Waals surface area contributed by atoms with Crippen molar-refractivity contribution in [1.82, 2.24) is 15.2 Å². The maximum atomic E-state index is 12.0. The number of aromatic hydroxyl groups is 1. The van der Waals surface area contributed by atoms with Crippen LogP contribution in [0, 0.1) is 32.6 Å². The van der Waals surface area contributed by atoms with Crippen LogP contribution in [0.15, 0.2) is 47.6 Å². The minimum atomic E-state index is -0.501. The molecule has 3 rings (SSSR count). The monoisotopic (exact) mass is 696 g/mol. The Morgan fingerprint density at radius 1 is 1.02 bits per heavy atom. The van der Waals surface area contributed by atoms with Crippen LogP contribution < -0.4 is 5.32 Å². The number of nitrogens with zero attached hydrogens (tertiary/aromatic N) is 3. The summed E-state index contributed by atoms with van der Waals surface area (Å²) in [6.07, 6.45) is 8.91. The number of phenolic OH excluding ortho intramolecular Hbond substituents is 1. The van der Waals surface area contributed by atoms with Gasteiger partial charge in [0, 0.05) is 45.0 Å². The van der Waals surface area contributed by atoms with E-state index in [0.29, 0.717) is 37.5 Å². The molecule has 2 N–H and O–H groups in total. The Morgan fingerprint density at radius 3 is 2.10 bits per heavy atom. The highest BCUT2D eigenvalue weighted by atomic mass is 16.6. The number of ketones is 1. The summed E-state index contributed by atoms with van der Waals surface area (Å²) in [5.41, 5.74) is 3.91. The molecule has 10 heteroatoms. The number of hydrogen-bond donors (Lipinski definition) is 2. The standard InChI is InChI=1S/C19H28N4O4.C12H24O.C9H12O/c1-5-23(19(26)27-13-16(3)25)12-11-15(2)22(4)21-18(20-14-24)17-9-7-6-8-10-17;1-3-5-11(6-4-2)12-7-9-13-10-8-12;1-6-4-7(2)9(10)8(3)5-6/h6-10,14-15H,5,11-13H2,1-4H3,(H,20,21,24);11-12H,3-10H2,1-2H3;4-5,10H,1-3H3. The van der Waals surface area contributed by atoms with Gasteiger partial charge >= 0.3 is 6.09 Å². The number of Topliss-reactive ketones (excluding diaryl/α,β-unsaturated/α-hetero) is 1. The number of hydrogen-bond acceptors (Lipinski definition) is 8. The van der Waals surface area contributed by atoms with Crippen LogP contribution in [-0.4, -0.2) is 85.1 Å². The molecule has 0 aliphatic carbocycles. The zero-order valence-electron chi connectivity index (χ0n) is 32.2. The van der Waals surface area contributed by atoms with Crippen LogP contribution in [0.1, 0.15) is 102 Å². The van der Waals surface area contributed by atoms with Gasteiger partial charge in [0.15, 0.2) is 18.2 Å². The first-order valence-electron chi connectivity index (χ1n) is 18.2. The van der Waals surface area contributed by atoms with E-state index in [1.54, 1.807) is 9.91 Å². The van der Waals surface area contributed by atoms with Crippen molar-refractivity contribution in [2.45, 2.75) is 106 Å². The molecule has 0 radical (unpaired) electrons. The molecular weight excluding hydrogens is 632 g/mol. The number of ether oxygens (including phenoxy) is 2. The SMILES string of the molecule is CCCC(CCC)C1CCOCC1.CCN(CCC(C)N(C)/N=C(\NC=O)c1ccccc1)C(=O)OCC(C)=O.Cc1cc(C)c(O)c(C)c1. The number of aryl methyl sites for hydroxylation is 3. The van der Waals surface area contributed by atoms with Gasteiger partial charge < -0.3 is 24.8 Å². The molecule has 2 aromatic carbocycles. The number of carbonyl (C=O) groups excluding carboxylic acids is 3. The van der Waals surface area contributed by atoms with E-state index in [-0.39, 0.29) is 18.4 Å². The Balaban J connectivity index is 0.000000444. The molecule has 280 valence electrons. The number of amides is 2.